The monoisotopic (exact) mass is 1710 g/mol. The van der Waals surface area contributed by atoms with E-state index in [-0.39, 0.29) is 85.7 Å². The Morgan fingerprint density at radius 3 is 2.18 bits per heavy atom. The van der Waals surface area contributed by atoms with E-state index in [9.17, 15) is 39.0 Å². The molecule has 2 bridgehead atoms. The molecule has 674 valence electrons. The molecule has 1 aromatic carbocycles. The molecule has 5 aliphatic rings. The lowest BCUT2D eigenvalue weighted by molar-refractivity contribution is -0.265. The van der Waals surface area contributed by atoms with Gasteiger partial charge in [0.1, 0.15) is 53.5 Å². The number of aryl methyl sites for hydroxylation is 1. The van der Waals surface area contributed by atoms with Crippen molar-refractivity contribution in [3.05, 3.63) is 84.0 Å². The van der Waals surface area contributed by atoms with Gasteiger partial charge in [0.25, 0.3) is 17.7 Å². The van der Waals surface area contributed by atoms with Crippen LogP contribution < -0.4 is 17.2 Å². The van der Waals surface area contributed by atoms with Crippen molar-refractivity contribution < 1.29 is 100 Å². The molecule has 34 nitrogen and oxygen atoms in total. The average molecular weight is 1710 g/mol. The molecule has 5 aromatic rings. The number of carbonyl (C=O) groups excluding carboxylic acids is 6. The molecule has 10 rings (SSSR count). The molecule has 0 radical (unpaired) electrons. The largest absolute Gasteiger partial charge is 0.459 e. The van der Waals surface area contributed by atoms with Crippen LogP contribution in [0.1, 0.15) is 150 Å². The standard InChI is InChI=1S/C88H131N13O21/c1-56-17-11-10-12-18-57(2)73(110-7)50-66-24-21-61(6)88(109,122-66)82(106)85(107)100-29-15-13-20-69(100)86(108)120-74(51-70(102)58(3)46-60(5)80(105)81(112-9)79(104)59(4)45-56)67(89)47-62-22-25-72(75(48-62)111-8)119-32-16-14-19-65-54-99(97-95-65)31-34-114-36-38-116-40-42-118-44-43-117-41-39-115-37-35-113-33-28-76(103)98-30-27-63(52-98)53-101-84-77(83(90)92-55-93-84)78(96-101)64-23-26-71-68(49-64)94-87(91)121-71/h10-12,17-18,23,26,46,49,54-56,58-59,61-63,66-67,69,72-75,80-81,105,109H,13-16,19-22,24-25,27-45,47-48,50-53,89H2,1-9H3,(H2,91,94)(H2,90,92,93)/b12-10+,17-11+,57-18+,60-46+/t56-,58-,59-,61-,62+,63?,66+,67-,69+,72-,73+,74+,75-,80-,81+,88-/m1/s1. The Morgan fingerprint density at radius 1 is 0.746 bits per heavy atom. The van der Waals surface area contributed by atoms with E-state index in [0.717, 1.165) is 41.0 Å². The number of aliphatic hydroxyl groups excluding tert-OH is 1. The zero-order valence-corrected chi connectivity index (χ0v) is 72.6. The molecule has 34 heteroatoms. The average Bonchev–Trinajstić information content (AvgIpc) is 1.59. The van der Waals surface area contributed by atoms with Crippen molar-refractivity contribution in [2.75, 3.05) is 138 Å². The quantitative estimate of drug-likeness (QED) is 0.0111. The lowest BCUT2D eigenvalue weighted by Gasteiger charge is -2.42. The van der Waals surface area contributed by atoms with Crippen molar-refractivity contribution in [1.29, 1.82) is 0 Å². The summed E-state index contributed by atoms with van der Waals surface area (Å²) in [4.78, 5) is 101. The summed E-state index contributed by atoms with van der Waals surface area (Å²) in [6.45, 7) is 18.4. The van der Waals surface area contributed by atoms with Crippen LogP contribution in [-0.2, 0) is 105 Å². The zero-order valence-electron chi connectivity index (χ0n) is 72.6. The highest BCUT2D eigenvalue weighted by atomic mass is 16.6. The van der Waals surface area contributed by atoms with Gasteiger partial charge < -0.3 is 98.5 Å². The van der Waals surface area contributed by atoms with Crippen molar-refractivity contribution in [1.82, 2.24) is 49.5 Å². The number of allylic oxidation sites excluding steroid dienone is 6. The third kappa shape index (κ3) is 27.4. The number of esters is 1. The fraction of sp³-hybridized carbons (Fsp3) is 0.682. The highest BCUT2D eigenvalue weighted by Gasteiger charge is 2.53. The molecule has 4 fully saturated rings. The van der Waals surface area contributed by atoms with E-state index in [1.54, 1.807) is 58.7 Å². The fourth-order valence-corrected chi connectivity index (χ4v) is 16.9. The Labute approximate surface area is 714 Å². The third-order valence-corrected chi connectivity index (χ3v) is 24.0. The number of cyclic esters (lactones) is 1. The first-order valence-corrected chi connectivity index (χ1v) is 43.5. The van der Waals surface area contributed by atoms with Crippen molar-refractivity contribution in [3.63, 3.8) is 0 Å². The molecule has 1 saturated carbocycles. The normalized spacial score (nSPS) is 28.4. The number of oxazole rings is 1. The summed E-state index contributed by atoms with van der Waals surface area (Å²) in [6, 6.07) is 3.50. The van der Waals surface area contributed by atoms with Crippen LogP contribution in [0.5, 0.6) is 0 Å². The molecule has 4 aromatic heterocycles. The number of fused-ring (bicyclic) bond motifs is 5. The number of methoxy groups -OCH3 is 3. The summed E-state index contributed by atoms with van der Waals surface area (Å²) in [6.07, 6.45) is 17.4. The number of amides is 2. The van der Waals surface area contributed by atoms with Gasteiger partial charge in [0, 0.05) is 103 Å². The number of likely N-dealkylation sites (tertiary alicyclic amines) is 1. The Hall–Kier alpha value is -8.20. The van der Waals surface area contributed by atoms with Gasteiger partial charge in [-0.05, 0) is 151 Å². The molecule has 8 heterocycles. The lowest BCUT2D eigenvalue weighted by atomic mass is 9.80. The lowest BCUT2D eigenvalue weighted by Crippen LogP contribution is -2.61. The second-order valence-electron chi connectivity index (χ2n) is 33.2. The second kappa shape index (κ2) is 48.3. The molecule has 16 atom stereocenters. The van der Waals surface area contributed by atoms with Gasteiger partial charge in [0.2, 0.25) is 11.7 Å². The van der Waals surface area contributed by atoms with Crippen molar-refractivity contribution in [3.8, 4) is 11.3 Å². The molecular formula is C88H131N13O21. The minimum Gasteiger partial charge on any atom is -0.459 e. The number of carbonyl (C=O) groups is 6. The second-order valence-corrected chi connectivity index (χ2v) is 33.2. The van der Waals surface area contributed by atoms with Crippen LogP contribution in [0, 0.1) is 35.5 Å². The molecule has 0 spiro atoms. The van der Waals surface area contributed by atoms with Crippen LogP contribution >= 0.6 is 0 Å². The molecule has 8 N–H and O–H groups in total. The minimum atomic E-state index is -2.48. The van der Waals surface area contributed by atoms with Gasteiger partial charge in [-0.3, -0.25) is 24.0 Å². The molecule has 122 heavy (non-hydrogen) atoms. The van der Waals surface area contributed by atoms with E-state index in [0.29, 0.717) is 215 Å². The number of benzene rings is 1. The van der Waals surface area contributed by atoms with Gasteiger partial charge in [0.05, 0.1) is 128 Å². The Morgan fingerprint density at radius 2 is 1.47 bits per heavy atom. The van der Waals surface area contributed by atoms with E-state index in [1.807, 2.05) is 72.1 Å². The van der Waals surface area contributed by atoms with Crippen LogP contribution in [0.25, 0.3) is 33.4 Å². The maximum atomic E-state index is 14.7. The van der Waals surface area contributed by atoms with E-state index < -0.39 is 83.8 Å². The van der Waals surface area contributed by atoms with Crippen LogP contribution in [0.15, 0.2) is 82.7 Å². The molecule has 2 amide bonds. The summed E-state index contributed by atoms with van der Waals surface area (Å²) in [7, 11) is 4.59. The van der Waals surface area contributed by atoms with Crippen molar-refractivity contribution >= 4 is 69.1 Å². The molecule has 3 saturated heterocycles. The van der Waals surface area contributed by atoms with Gasteiger partial charge in [-0.1, -0.05) is 69.4 Å². The highest BCUT2D eigenvalue weighted by Crippen LogP contribution is 2.39. The first kappa shape index (κ1) is 96.0. The van der Waals surface area contributed by atoms with Crippen LogP contribution in [0.3, 0.4) is 0 Å². The number of nitrogens with two attached hydrogens (primary N) is 3. The van der Waals surface area contributed by atoms with E-state index in [2.05, 4.69) is 25.3 Å². The third-order valence-electron chi connectivity index (χ3n) is 24.0. The number of Topliss-reactive ketones (excluding diaryl/α,β-unsaturated/α-hetero) is 3. The molecule has 1 aliphatic carbocycles. The Kier molecular flexibility index (Phi) is 38.0. The van der Waals surface area contributed by atoms with Gasteiger partial charge >= 0.3 is 5.97 Å². The number of nitrogen functional groups attached to an aromatic ring is 2. The van der Waals surface area contributed by atoms with Crippen LogP contribution in [0.2, 0.25) is 0 Å². The van der Waals surface area contributed by atoms with Crippen LogP contribution in [0.4, 0.5) is 11.8 Å². The van der Waals surface area contributed by atoms with Gasteiger partial charge in [0.15, 0.2) is 17.0 Å². The number of ether oxygens (including phenoxy) is 12. The summed E-state index contributed by atoms with van der Waals surface area (Å²) in [5, 5.41) is 38.0. The van der Waals surface area contributed by atoms with E-state index in [1.165, 1.54) is 13.4 Å². The first-order valence-electron chi connectivity index (χ1n) is 43.5. The maximum Gasteiger partial charge on any atom is 0.329 e. The molecule has 4 aliphatic heterocycles. The predicted octanol–water partition coefficient (Wildman–Crippen LogP) is 7.66. The van der Waals surface area contributed by atoms with Gasteiger partial charge in [-0.2, -0.15) is 10.1 Å². The predicted molar refractivity (Wildman–Crippen MR) is 452 cm³/mol. The smallest absolute Gasteiger partial charge is 0.329 e. The zero-order chi connectivity index (χ0) is 87.2. The molecule has 1 unspecified atom stereocenters. The number of hydrogen-bond donors (Lipinski definition) is 5. The number of piperidine rings is 1. The highest BCUT2D eigenvalue weighted by molar-refractivity contribution is 6.39. The summed E-state index contributed by atoms with van der Waals surface area (Å²) < 4.78 is 79.7. The summed E-state index contributed by atoms with van der Waals surface area (Å²) in [5.41, 5.74) is 24.5. The fourth-order valence-electron chi connectivity index (χ4n) is 16.9. The number of rotatable bonds is 36. The molecular weight excluding hydrogens is 1580 g/mol. The number of ketones is 3. The number of aromatic nitrogens is 8. The van der Waals surface area contributed by atoms with Gasteiger partial charge in [-0.25, -0.2) is 24.1 Å². The number of nitrogens with zero attached hydrogens (tertiary/aromatic N) is 10. The summed E-state index contributed by atoms with van der Waals surface area (Å²) >= 11 is 0. The van der Waals surface area contributed by atoms with Crippen molar-refractivity contribution in [2.24, 2.45) is 41.2 Å². The maximum absolute atomic E-state index is 14.7. The number of anilines is 2. The van der Waals surface area contributed by atoms with Gasteiger partial charge in [-0.15, -0.1) is 5.10 Å². The van der Waals surface area contributed by atoms with E-state index in [4.69, 9.17) is 83.6 Å². The van der Waals surface area contributed by atoms with Crippen LogP contribution in [-0.4, -0.2) is 282 Å². The number of hydrogen-bond acceptors (Lipinski definition) is 30. The van der Waals surface area contributed by atoms with E-state index >= 15 is 0 Å². The first-order chi connectivity index (χ1) is 58.9. The minimum absolute atomic E-state index is 0.0148. The Balaban J connectivity index is 0.579. The SMILES string of the molecule is CO[C@H]1C[C@@H]2CC[C@@H](C)[C@@](O)(O2)C(=O)C(=O)N2CCCC[C@H]2C(=O)O[C@H]([C@H](N)C[C@@H]2CC[C@@H](OCCCCc3cn(CCOCCOCCOCCOCCOCCOCCC(=O)N4CCC(Cn5nc(-c6ccc7oc(N)nc7c6)c6c(N)ncnc65)C4)nn3)[C@H](OC)C2)CC(=O)[C@H](C)/C=C(\C)[C@@H](O)[C@@H](OC)C(=O)[C@H](C)C[C@H](C)/C=C/C=C/C=C/1C. The van der Waals surface area contributed by atoms with Crippen molar-refractivity contribution in [2.45, 2.75) is 224 Å². The Bertz CT molecular complexity index is 4300. The number of aliphatic hydroxyl groups is 2. The summed E-state index contributed by atoms with van der Waals surface area (Å²) in [5.74, 6) is -7.75. The topological polar surface area (TPSA) is 439 Å². The number of unbranched alkanes of at least 4 members (excludes halogenated alkanes) is 1.